The zero-order chi connectivity index (χ0) is 22.2. The van der Waals surface area contributed by atoms with Gasteiger partial charge in [0.25, 0.3) is 5.56 Å². The Morgan fingerprint density at radius 1 is 1.35 bits per heavy atom. The third-order valence-electron chi connectivity index (χ3n) is 5.01. The first-order valence-electron chi connectivity index (χ1n) is 10.0. The number of thiophene rings is 1. The molecule has 0 saturated carbocycles. The summed E-state index contributed by atoms with van der Waals surface area (Å²) in [6.07, 6.45) is 0.640. The van der Waals surface area contributed by atoms with Crippen molar-refractivity contribution < 1.29 is 14.3 Å². The quantitative estimate of drug-likeness (QED) is 0.370. The van der Waals surface area contributed by atoms with E-state index in [9.17, 15) is 9.59 Å². The number of benzene rings is 1. The second kappa shape index (κ2) is 8.24. The number of aromatic nitrogens is 2. The van der Waals surface area contributed by atoms with Gasteiger partial charge in [-0.15, -0.1) is 11.3 Å². The highest BCUT2D eigenvalue weighted by Crippen LogP contribution is 2.37. The lowest BCUT2D eigenvalue weighted by Gasteiger charge is -2.29. The zero-order valence-corrected chi connectivity index (χ0v) is 18.7. The molecule has 9 heteroatoms. The van der Waals surface area contributed by atoms with Crippen molar-refractivity contribution in [2.75, 3.05) is 12.0 Å². The number of rotatable bonds is 5. The molecule has 4 rings (SSSR count). The van der Waals surface area contributed by atoms with Crippen LogP contribution in [-0.4, -0.2) is 33.4 Å². The van der Waals surface area contributed by atoms with Crippen LogP contribution in [0.15, 0.2) is 40.2 Å². The maximum absolute atomic E-state index is 13.7. The SMILES string of the molecule is CCOC(=O)/C(C)=N\Nc1nc2sc3c(c2c(=O)n1-c1ccccc1)CC(C)(C)OC3. The van der Waals surface area contributed by atoms with Crippen molar-refractivity contribution in [3.8, 4) is 5.69 Å². The van der Waals surface area contributed by atoms with Crippen molar-refractivity contribution in [2.45, 2.75) is 46.3 Å². The first-order valence-corrected chi connectivity index (χ1v) is 10.9. The summed E-state index contributed by atoms with van der Waals surface area (Å²) in [6, 6.07) is 9.23. The van der Waals surface area contributed by atoms with Crippen LogP contribution in [0.2, 0.25) is 0 Å². The van der Waals surface area contributed by atoms with Crippen molar-refractivity contribution in [3.63, 3.8) is 0 Å². The topological polar surface area (TPSA) is 94.8 Å². The fourth-order valence-electron chi connectivity index (χ4n) is 3.50. The lowest BCUT2D eigenvalue weighted by Crippen LogP contribution is -2.32. The van der Waals surface area contributed by atoms with Gasteiger partial charge in [0.05, 0.1) is 29.9 Å². The molecule has 162 valence electrons. The van der Waals surface area contributed by atoms with E-state index >= 15 is 0 Å². The molecule has 2 aromatic heterocycles. The molecule has 8 nitrogen and oxygen atoms in total. The molecular weight excluding hydrogens is 416 g/mol. The number of nitrogens with zero attached hydrogens (tertiary/aromatic N) is 3. The minimum absolute atomic E-state index is 0.136. The molecule has 3 aromatic rings. The maximum atomic E-state index is 13.7. The number of hydrogen-bond donors (Lipinski definition) is 1. The van der Waals surface area contributed by atoms with Crippen LogP contribution in [0.3, 0.4) is 0 Å². The van der Waals surface area contributed by atoms with E-state index in [1.54, 1.807) is 6.92 Å². The minimum Gasteiger partial charge on any atom is -0.461 e. The van der Waals surface area contributed by atoms with E-state index in [-0.39, 0.29) is 29.4 Å². The zero-order valence-electron chi connectivity index (χ0n) is 17.9. The van der Waals surface area contributed by atoms with Gasteiger partial charge < -0.3 is 9.47 Å². The summed E-state index contributed by atoms with van der Waals surface area (Å²) in [6.45, 7) is 8.01. The summed E-state index contributed by atoms with van der Waals surface area (Å²) in [5.74, 6) is -0.304. The van der Waals surface area contributed by atoms with E-state index in [4.69, 9.17) is 14.5 Å². The number of anilines is 1. The highest BCUT2D eigenvalue weighted by Gasteiger charge is 2.31. The number of fused-ring (bicyclic) bond motifs is 3. The Morgan fingerprint density at radius 3 is 2.81 bits per heavy atom. The van der Waals surface area contributed by atoms with Crippen molar-refractivity contribution >= 4 is 39.2 Å². The summed E-state index contributed by atoms with van der Waals surface area (Å²) in [5.41, 5.74) is 4.05. The summed E-state index contributed by atoms with van der Waals surface area (Å²) in [7, 11) is 0. The average molecular weight is 441 g/mol. The van der Waals surface area contributed by atoms with Crippen LogP contribution in [0.5, 0.6) is 0 Å². The van der Waals surface area contributed by atoms with Crippen molar-refractivity contribution in [1.82, 2.24) is 9.55 Å². The summed E-state index contributed by atoms with van der Waals surface area (Å²) in [4.78, 5) is 31.9. The number of carbonyl (C=O) groups excluding carboxylic acids is 1. The van der Waals surface area contributed by atoms with Crippen LogP contribution in [-0.2, 0) is 27.3 Å². The van der Waals surface area contributed by atoms with Gasteiger partial charge in [-0.3, -0.25) is 4.79 Å². The number of ether oxygens (including phenoxy) is 2. The fourth-order valence-corrected chi connectivity index (χ4v) is 4.59. The number of hydrazone groups is 1. The molecule has 0 spiro atoms. The molecule has 0 atom stereocenters. The Hall–Kier alpha value is -3.04. The molecule has 1 aliphatic heterocycles. The molecule has 0 fully saturated rings. The van der Waals surface area contributed by atoms with E-state index in [0.29, 0.717) is 28.9 Å². The fraction of sp³-hybridized carbons (Fsp3) is 0.364. The van der Waals surface area contributed by atoms with Gasteiger partial charge in [-0.1, -0.05) is 18.2 Å². The molecule has 1 aliphatic rings. The van der Waals surface area contributed by atoms with Gasteiger partial charge in [-0.2, -0.15) is 5.10 Å². The first kappa shape index (κ1) is 21.2. The minimum atomic E-state index is -0.532. The van der Waals surface area contributed by atoms with E-state index < -0.39 is 5.97 Å². The predicted molar refractivity (Wildman–Crippen MR) is 121 cm³/mol. The third-order valence-corrected chi connectivity index (χ3v) is 6.11. The Morgan fingerprint density at radius 2 is 2.10 bits per heavy atom. The Bertz CT molecular complexity index is 1230. The molecule has 0 aliphatic carbocycles. The highest BCUT2D eigenvalue weighted by atomic mass is 32.1. The lowest BCUT2D eigenvalue weighted by atomic mass is 9.94. The van der Waals surface area contributed by atoms with Gasteiger partial charge >= 0.3 is 5.97 Å². The van der Waals surface area contributed by atoms with Gasteiger partial charge in [0, 0.05) is 11.3 Å². The van der Waals surface area contributed by atoms with Crippen LogP contribution < -0.4 is 11.0 Å². The van der Waals surface area contributed by atoms with E-state index in [1.807, 2.05) is 44.2 Å². The average Bonchev–Trinajstić information content (AvgIpc) is 3.09. The predicted octanol–water partition coefficient (Wildman–Crippen LogP) is 3.65. The lowest BCUT2D eigenvalue weighted by molar-refractivity contribution is -0.135. The molecule has 0 radical (unpaired) electrons. The van der Waals surface area contributed by atoms with Gasteiger partial charge in [0.15, 0.2) is 0 Å². The Labute approximate surface area is 183 Å². The standard InChI is InChI=1S/C22H24N4O4S/c1-5-29-20(28)13(2)24-25-21-23-18-17(15-11-22(3,4)30-12-16(15)31-18)19(27)26(21)14-9-7-6-8-10-14/h6-10H,5,11-12H2,1-4H3,(H,23,25)/b24-13-. The number of para-hydroxylation sites is 1. The molecule has 1 N–H and O–H groups in total. The molecule has 0 bridgehead atoms. The van der Waals surface area contributed by atoms with Gasteiger partial charge in [-0.25, -0.2) is 19.8 Å². The van der Waals surface area contributed by atoms with Crippen LogP contribution in [0.4, 0.5) is 5.95 Å². The highest BCUT2D eigenvalue weighted by molar-refractivity contribution is 7.18. The third kappa shape index (κ3) is 4.11. The van der Waals surface area contributed by atoms with E-state index in [0.717, 1.165) is 10.4 Å². The maximum Gasteiger partial charge on any atom is 0.354 e. The largest absolute Gasteiger partial charge is 0.461 e. The summed E-state index contributed by atoms with van der Waals surface area (Å²) < 4.78 is 12.4. The smallest absolute Gasteiger partial charge is 0.354 e. The van der Waals surface area contributed by atoms with Crippen LogP contribution >= 0.6 is 11.3 Å². The summed E-state index contributed by atoms with van der Waals surface area (Å²) >= 11 is 1.45. The van der Waals surface area contributed by atoms with Crippen molar-refractivity contribution in [3.05, 3.63) is 51.1 Å². The van der Waals surface area contributed by atoms with Crippen LogP contribution in [0.1, 0.15) is 38.1 Å². The summed E-state index contributed by atoms with van der Waals surface area (Å²) in [5, 5.41) is 4.71. The van der Waals surface area contributed by atoms with Gasteiger partial charge in [0.1, 0.15) is 10.5 Å². The molecule has 0 unspecified atom stereocenters. The van der Waals surface area contributed by atoms with Crippen LogP contribution in [0.25, 0.3) is 15.9 Å². The first-order chi connectivity index (χ1) is 14.8. The normalized spacial score (nSPS) is 15.5. The van der Waals surface area contributed by atoms with Crippen molar-refractivity contribution in [2.24, 2.45) is 5.10 Å². The molecule has 0 saturated heterocycles. The molecule has 1 aromatic carbocycles. The number of nitrogens with one attached hydrogen (secondary N) is 1. The van der Waals surface area contributed by atoms with E-state index in [2.05, 4.69) is 10.5 Å². The number of hydrogen-bond acceptors (Lipinski definition) is 8. The van der Waals surface area contributed by atoms with E-state index in [1.165, 1.54) is 22.8 Å². The molecular formula is C22H24N4O4S. The molecule has 0 amide bonds. The van der Waals surface area contributed by atoms with Crippen LogP contribution in [0, 0.1) is 0 Å². The monoisotopic (exact) mass is 440 g/mol. The second-order valence-corrected chi connectivity index (χ2v) is 8.93. The van der Waals surface area contributed by atoms with Gasteiger partial charge in [-0.05, 0) is 45.4 Å². The number of esters is 1. The van der Waals surface area contributed by atoms with Crippen molar-refractivity contribution in [1.29, 1.82) is 0 Å². The molecule has 31 heavy (non-hydrogen) atoms. The number of carbonyl (C=O) groups is 1. The second-order valence-electron chi connectivity index (χ2n) is 7.85. The molecule has 3 heterocycles. The Balaban J connectivity index is 1.89. The van der Waals surface area contributed by atoms with Gasteiger partial charge in [0.2, 0.25) is 5.95 Å². The Kier molecular flexibility index (Phi) is 5.63.